The number of likely N-dealkylation sites (tertiary alicyclic amines) is 1. The van der Waals surface area contributed by atoms with Crippen molar-refractivity contribution in [2.75, 3.05) is 17.7 Å². The van der Waals surface area contributed by atoms with Crippen molar-refractivity contribution in [3.05, 3.63) is 77.5 Å². The van der Waals surface area contributed by atoms with Crippen molar-refractivity contribution >= 4 is 17.6 Å². The lowest BCUT2D eigenvalue weighted by atomic mass is 10.0. The van der Waals surface area contributed by atoms with E-state index in [0.29, 0.717) is 34.4 Å². The van der Waals surface area contributed by atoms with Gasteiger partial charge in [0.2, 0.25) is 0 Å². The Hall–Kier alpha value is -4.14. The van der Waals surface area contributed by atoms with Crippen LogP contribution in [-0.4, -0.2) is 37.9 Å². The number of carbonyl (C=O) groups excluding carboxylic acids is 2. The number of hydrogen-bond acceptors (Lipinski definition) is 6. The van der Waals surface area contributed by atoms with Crippen molar-refractivity contribution in [3.63, 3.8) is 0 Å². The van der Waals surface area contributed by atoms with E-state index in [1.54, 1.807) is 30.5 Å². The Bertz CT molecular complexity index is 1280. The van der Waals surface area contributed by atoms with E-state index in [2.05, 4.69) is 29.0 Å². The van der Waals surface area contributed by atoms with E-state index in [-0.39, 0.29) is 17.6 Å². The molecule has 1 unspecified atom stereocenters. The molecular weight excluding hydrogens is 454 g/mol. The lowest BCUT2D eigenvalue weighted by Crippen LogP contribution is -2.33. The maximum Gasteiger partial charge on any atom is 0.269 e. The van der Waals surface area contributed by atoms with E-state index in [4.69, 9.17) is 16.6 Å². The summed E-state index contributed by atoms with van der Waals surface area (Å²) in [5.74, 6) is 6.84. The number of aromatic nitrogens is 3. The lowest BCUT2D eigenvalue weighted by Gasteiger charge is -2.34. The summed E-state index contributed by atoms with van der Waals surface area (Å²) in [7, 11) is 0. The number of primary amides is 1. The number of carbonyl (C=O) groups is 2. The van der Waals surface area contributed by atoms with Gasteiger partial charge in [-0.05, 0) is 68.1 Å². The number of nitrogens with two attached hydrogens (primary N) is 2. The van der Waals surface area contributed by atoms with Crippen LogP contribution in [0, 0.1) is 0 Å². The average Bonchev–Trinajstić information content (AvgIpc) is 3.22. The standard InChI is InChI=1S/C27H33N7O2/c1-4-14-33-15-6-5-7-21(33)26-32-23(24(25(28)35)34(26)29)18-8-10-19(11-9-18)27(36)31-22-16-20(17(2)3)12-13-30-22/h4,8-14,16-17,21H,5-7,15,29H2,1-3H3,(H2,28,35)(H,30,31,36). The van der Waals surface area contributed by atoms with Gasteiger partial charge in [0.25, 0.3) is 11.8 Å². The maximum absolute atomic E-state index is 12.8. The molecule has 9 nitrogen and oxygen atoms in total. The van der Waals surface area contributed by atoms with Crippen LogP contribution in [0.5, 0.6) is 0 Å². The molecule has 0 aliphatic carbocycles. The van der Waals surface area contributed by atoms with E-state index in [1.807, 2.05) is 31.3 Å². The highest BCUT2D eigenvalue weighted by atomic mass is 16.2. The van der Waals surface area contributed by atoms with Crippen molar-refractivity contribution in [3.8, 4) is 11.3 Å². The predicted octanol–water partition coefficient (Wildman–Crippen LogP) is 4.19. The number of nitrogens with one attached hydrogen (secondary N) is 1. The summed E-state index contributed by atoms with van der Waals surface area (Å²) >= 11 is 0. The lowest BCUT2D eigenvalue weighted by molar-refractivity contribution is 0.0990. The monoisotopic (exact) mass is 487 g/mol. The molecule has 3 aromatic rings. The number of rotatable bonds is 7. The first kappa shape index (κ1) is 25.0. The molecule has 0 radical (unpaired) electrons. The molecule has 5 N–H and O–H groups in total. The van der Waals surface area contributed by atoms with Gasteiger partial charge in [0.1, 0.15) is 11.5 Å². The molecule has 9 heteroatoms. The largest absolute Gasteiger partial charge is 0.368 e. The van der Waals surface area contributed by atoms with E-state index < -0.39 is 5.91 Å². The van der Waals surface area contributed by atoms with Crippen LogP contribution >= 0.6 is 0 Å². The third-order valence-electron chi connectivity index (χ3n) is 6.47. The number of pyridine rings is 1. The molecule has 4 rings (SSSR count). The van der Waals surface area contributed by atoms with E-state index in [0.717, 1.165) is 31.4 Å². The van der Waals surface area contributed by atoms with Gasteiger partial charge in [0, 0.05) is 23.9 Å². The molecule has 1 fully saturated rings. The highest BCUT2D eigenvalue weighted by Crippen LogP contribution is 2.33. The van der Waals surface area contributed by atoms with Crippen molar-refractivity contribution < 1.29 is 9.59 Å². The van der Waals surface area contributed by atoms with Gasteiger partial charge >= 0.3 is 0 Å². The number of allylic oxidation sites excluding steroid dienone is 1. The molecule has 0 bridgehead atoms. The number of imidazole rings is 1. The normalized spacial score (nSPS) is 16.0. The zero-order chi connectivity index (χ0) is 25.8. The second-order valence-corrected chi connectivity index (χ2v) is 9.29. The van der Waals surface area contributed by atoms with Crippen molar-refractivity contribution in [1.29, 1.82) is 0 Å². The average molecular weight is 488 g/mol. The number of piperidine rings is 1. The molecule has 0 spiro atoms. The van der Waals surface area contributed by atoms with Gasteiger partial charge in [-0.25, -0.2) is 14.6 Å². The summed E-state index contributed by atoms with van der Waals surface area (Å²) in [6.07, 6.45) is 8.71. The fourth-order valence-corrected chi connectivity index (χ4v) is 4.57. The summed E-state index contributed by atoms with van der Waals surface area (Å²) in [4.78, 5) is 36.4. The number of hydrogen-bond donors (Lipinski definition) is 3. The van der Waals surface area contributed by atoms with Gasteiger partial charge in [-0.2, -0.15) is 0 Å². The minimum absolute atomic E-state index is 0.0500. The molecule has 1 atom stereocenters. The Morgan fingerprint density at radius 1 is 1.17 bits per heavy atom. The molecule has 2 amide bonds. The summed E-state index contributed by atoms with van der Waals surface area (Å²) in [6.45, 7) is 7.03. The van der Waals surface area contributed by atoms with Crippen LogP contribution in [-0.2, 0) is 0 Å². The van der Waals surface area contributed by atoms with Crippen LogP contribution in [0.15, 0.2) is 54.9 Å². The number of nitrogen functional groups attached to an aromatic ring is 1. The summed E-state index contributed by atoms with van der Waals surface area (Å²) < 4.78 is 1.32. The number of nitrogens with zero attached hydrogens (tertiary/aromatic N) is 4. The van der Waals surface area contributed by atoms with Gasteiger partial charge in [-0.15, -0.1) is 0 Å². The topological polar surface area (TPSA) is 132 Å². The van der Waals surface area contributed by atoms with Crippen LogP contribution in [0.3, 0.4) is 0 Å². The van der Waals surface area contributed by atoms with Crippen LogP contribution in [0.1, 0.15) is 84.2 Å². The minimum Gasteiger partial charge on any atom is -0.368 e. The quantitative estimate of drug-likeness (QED) is 0.428. The Balaban J connectivity index is 1.61. The first-order valence-electron chi connectivity index (χ1n) is 12.2. The molecule has 0 saturated carbocycles. The van der Waals surface area contributed by atoms with Crippen LogP contribution in [0.25, 0.3) is 11.3 Å². The van der Waals surface area contributed by atoms with Crippen molar-refractivity contribution in [2.45, 2.75) is 52.0 Å². The number of benzene rings is 1. The summed E-state index contributed by atoms with van der Waals surface area (Å²) in [5.41, 5.74) is 8.45. The van der Waals surface area contributed by atoms with Gasteiger partial charge in [0.05, 0.1) is 6.04 Å². The third-order valence-corrected chi connectivity index (χ3v) is 6.47. The summed E-state index contributed by atoms with van der Waals surface area (Å²) in [5, 5.41) is 2.84. The molecule has 1 aliphatic heterocycles. The number of amides is 2. The van der Waals surface area contributed by atoms with E-state index in [1.165, 1.54) is 4.68 Å². The zero-order valence-corrected chi connectivity index (χ0v) is 20.9. The SMILES string of the molecule is CC=CN1CCCCC1c1nc(-c2ccc(C(=O)Nc3cc(C(C)C)ccn3)cc2)c(C(N)=O)n1N. The molecular formula is C27H33N7O2. The van der Waals surface area contributed by atoms with Gasteiger partial charge in [-0.3, -0.25) is 9.59 Å². The molecule has 188 valence electrons. The summed E-state index contributed by atoms with van der Waals surface area (Å²) in [6, 6.07) is 10.6. The molecule has 3 heterocycles. The highest BCUT2D eigenvalue weighted by molar-refractivity contribution is 6.04. The van der Waals surface area contributed by atoms with E-state index in [9.17, 15) is 9.59 Å². The van der Waals surface area contributed by atoms with Crippen LogP contribution in [0.2, 0.25) is 0 Å². The molecule has 1 aromatic carbocycles. The Morgan fingerprint density at radius 3 is 2.58 bits per heavy atom. The third kappa shape index (κ3) is 5.10. The minimum atomic E-state index is -0.655. The maximum atomic E-state index is 12.8. The fraction of sp³-hybridized carbons (Fsp3) is 0.333. The predicted molar refractivity (Wildman–Crippen MR) is 141 cm³/mol. The second-order valence-electron chi connectivity index (χ2n) is 9.29. The molecule has 1 aliphatic rings. The smallest absolute Gasteiger partial charge is 0.269 e. The van der Waals surface area contributed by atoms with Crippen molar-refractivity contribution in [2.24, 2.45) is 5.73 Å². The second kappa shape index (κ2) is 10.6. The first-order valence-corrected chi connectivity index (χ1v) is 12.2. The van der Waals surface area contributed by atoms with Crippen LogP contribution in [0.4, 0.5) is 5.82 Å². The van der Waals surface area contributed by atoms with Crippen molar-refractivity contribution in [1.82, 2.24) is 19.5 Å². The van der Waals surface area contributed by atoms with E-state index >= 15 is 0 Å². The fourth-order valence-electron chi connectivity index (χ4n) is 4.57. The Kier molecular flexibility index (Phi) is 7.38. The van der Waals surface area contributed by atoms with Crippen LogP contribution < -0.4 is 16.9 Å². The highest BCUT2D eigenvalue weighted by Gasteiger charge is 2.30. The zero-order valence-electron chi connectivity index (χ0n) is 20.9. The molecule has 1 saturated heterocycles. The van der Waals surface area contributed by atoms with Gasteiger partial charge < -0.3 is 21.8 Å². The molecule has 2 aromatic heterocycles. The Labute approximate surface area is 211 Å². The Morgan fingerprint density at radius 2 is 1.92 bits per heavy atom. The number of anilines is 1. The van der Waals surface area contributed by atoms with Gasteiger partial charge in [0.15, 0.2) is 11.5 Å². The molecule has 36 heavy (non-hydrogen) atoms. The van der Waals surface area contributed by atoms with Gasteiger partial charge in [-0.1, -0.05) is 32.1 Å². The first-order chi connectivity index (χ1) is 17.3.